The average molecular weight is 599 g/mol. The number of rotatable bonds is 8. The second kappa shape index (κ2) is 11.5. The second-order valence-corrected chi connectivity index (χ2v) is 12.4. The minimum Gasteiger partial charge on any atom is -0.372 e. The highest BCUT2D eigenvalue weighted by Gasteiger charge is 2.28. The molecule has 1 atom stereocenters. The van der Waals surface area contributed by atoms with Gasteiger partial charge in [-0.05, 0) is 47.7 Å². The lowest BCUT2D eigenvalue weighted by Gasteiger charge is -2.26. The summed E-state index contributed by atoms with van der Waals surface area (Å²) in [6.07, 6.45) is 1.53. The van der Waals surface area contributed by atoms with Crippen LogP contribution in [0.1, 0.15) is 29.9 Å². The van der Waals surface area contributed by atoms with E-state index in [1.54, 1.807) is 4.57 Å². The first-order valence-corrected chi connectivity index (χ1v) is 14.9. The number of aromatic nitrogens is 2. The van der Waals surface area contributed by atoms with E-state index < -0.39 is 0 Å². The Hall–Kier alpha value is -2.46. The molecule has 2 aromatic heterocycles. The number of thiophene rings is 1. The molecular weight excluding hydrogens is 570 g/mol. The Morgan fingerprint density at radius 1 is 1.22 bits per heavy atom. The maximum atomic E-state index is 13.9. The maximum Gasteiger partial charge on any atom is 0.263 e. The van der Waals surface area contributed by atoms with E-state index in [-0.39, 0.29) is 23.3 Å². The first kappa shape index (κ1) is 26.2. The average Bonchev–Trinajstić information content (AvgIpc) is 3.26. The summed E-state index contributed by atoms with van der Waals surface area (Å²) < 4.78 is 8.75. The van der Waals surface area contributed by atoms with Gasteiger partial charge in [-0.1, -0.05) is 71.9 Å². The number of carbonyl (C=O) groups is 1. The summed E-state index contributed by atoms with van der Waals surface area (Å²) in [6, 6.07) is 17.6. The van der Waals surface area contributed by atoms with Gasteiger partial charge in [0.05, 0.1) is 23.8 Å². The van der Waals surface area contributed by atoms with Crippen LogP contribution in [0.4, 0.5) is 5.69 Å². The number of ether oxygens (including phenoxy) is 1. The van der Waals surface area contributed by atoms with Gasteiger partial charge in [-0.2, -0.15) is 0 Å². The molecule has 0 unspecified atom stereocenters. The van der Waals surface area contributed by atoms with E-state index in [0.29, 0.717) is 36.0 Å². The lowest BCUT2D eigenvalue weighted by molar-refractivity contribution is -0.113. The first-order chi connectivity index (χ1) is 17.9. The van der Waals surface area contributed by atoms with E-state index >= 15 is 0 Å². The number of hydrogen-bond donors (Lipinski definition) is 1. The summed E-state index contributed by atoms with van der Waals surface area (Å²) >= 11 is 6.24. The molecule has 5 rings (SSSR count). The molecule has 4 aromatic rings. The molecule has 2 aromatic carbocycles. The molecule has 192 valence electrons. The molecule has 1 aliphatic heterocycles. The highest BCUT2D eigenvalue weighted by molar-refractivity contribution is 9.10. The molecule has 0 saturated heterocycles. The zero-order valence-corrected chi connectivity index (χ0v) is 23.9. The van der Waals surface area contributed by atoms with Crippen LogP contribution >= 0.6 is 39.0 Å². The lowest BCUT2D eigenvalue weighted by atomic mass is 9.96. The fourth-order valence-corrected chi connectivity index (χ4v) is 6.68. The third-order valence-electron chi connectivity index (χ3n) is 6.46. The van der Waals surface area contributed by atoms with Crippen molar-refractivity contribution in [1.29, 1.82) is 0 Å². The maximum absolute atomic E-state index is 13.9. The molecule has 0 aliphatic carbocycles. The molecule has 0 saturated carbocycles. The van der Waals surface area contributed by atoms with Crippen LogP contribution in [-0.4, -0.2) is 27.3 Å². The molecule has 0 radical (unpaired) electrons. The molecular formula is C28H28BrN3O3S2. The van der Waals surface area contributed by atoms with Crippen LogP contribution in [0.5, 0.6) is 0 Å². The molecule has 1 N–H and O–H groups in total. The largest absolute Gasteiger partial charge is 0.372 e. The van der Waals surface area contributed by atoms with Crippen molar-refractivity contribution in [3.8, 4) is 0 Å². The van der Waals surface area contributed by atoms with E-state index in [9.17, 15) is 9.59 Å². The van der Waals surface area contributed by atoms with Gasteiger partial charge < -0.3 is 10.1 Å². The van der Waals surface area contributed by atoms with Gasteiger partial charge in [0, 0.05) is 28.0 Å². The van der Waals surface area contributed by atoms with Gasteiger partial charge in [0.1, 0.15) is 4.83 Å². The number of thioether (sulfide) groups is 1. The first-order valence-electron chi connectivity index (χ1n) is 12.3. The molecule has 37 heavy (non-hydrogen) atoms. The quantitative estimate of drug-likeness (QED) is 0.191. The van der Waals surface area contributed by atoms with Crippen molar-refractivity contribution in [3.63, 3.8) is 0 Å². The number of nitrogens with zero attached hydrogens (tertiary/aromatic N) is 2. The zero-order valence-electron chi connectivity index (χ0n) is 20.7. The summed E-state index contributed by atoms with van der Waals surface area (Å²) in [5.41, 5.74) is 2.93. The number of benzene rings is 2. The van der Waals surface area contributed by atoms with Crippen LogP contribution in [0.25, 0.3) is 10.2 Å². The van der Waals surface area contributed by atoms with E-state index in [0.717, 1.165) is 37.4 Å². The van der Waals surface area contributed by atoms with Crippen molar-refractivity contribution < 1.29 is 9.53 Å². The predicted molar refractivity (Wildman–Crippen MR) is 155 cm³/mol. The topological polar surface area (TPSA) is 73.2 Å². The van der Waals surface area contributed by atoms with Crippen LogP contribution in [0.3, 0.4) is 0 Å². The Kier molecular flexibility index (Phi) is 8.14. The van der Waals surface area contributed by atoms with Crippen molar-refractivity contribution in [2.24, 2.45) is 5.92 Å². The molecule has 6 nitrogen and oxygen atoms in total. The smallest absolute Gasteiger partial charge is 0.263 e. The van der Waals surface area contributed by atoms with Crippen LogP contribution in [0.15, 0.2) is 69.0 Å². The molecule has 0 spiro atoms. The summed E-state index contributed by atoms with van der Waals surface area (Å²) in [5, 5.41) is 4.20. The third-order valence-corrected chi connectivity index (χ3v) is 9.07. The molecule has 9 heteroatoms. The summed E-state index contributed by atoms with van der Waals surface area (Å²) in [4.78, 5) is 33.3. The Labute approximate surface area is 232 Å². The third kappa shape index (κ3) is 6.00. The van der Waals surface area contributed by atoms with Crippen molar-refractivity contribution in [2.45, 2.75) is 51.1 Å². The zero-order chi connectivity index (χ0) is 25.9. The van der Waals surface area contributed by atoms with Crippen molar-refractivity contribution in [1.82, 2.24) is 9.55 Å². The number of carbonyl (C=O) groups excluding carboxylic acids is 1. The fraction of sp³-hybridized carbons (Fsp3) is 0.321. The molecule has 1 aliphatic rings. The van der Waals surface area contributed by atoms with Crippen molar-refractivity contribution in [2.75, 3.05) is 11.1 Å². The Morgan fingerprint density at radius 2 is 1.97 bits per heavy atom. The molecule has 0 bridgehead atoms. The monoisotopic (exact) mass is 597 g/mol. The van der Waals surface area contributed by atoms with Crippen LogP contribution < -0.4 is 10.9 Å². The van der Waals surface area contributed by atoms with Gasteiger partial charge in [0.15, 0.2) is 5.16 Å². The molecule has 3 heterocycles. The van der Waals surface area contributed by atoms with Gasteiger partial charge in [0.25, 0.3) is 5.56 Å². The second-order valence-electron chi connectivity index (χ2n) is 9.41. The number of amides is 1. The van der Waals surface area contributed by atoms with Crippen LogP contribution in [-0.2, 0) is 35.5 Å². The number of halogens is 1. The highest BCUT2D eigenvalue weighted by atomic mass is 79.9. The van der Waals surface area contributed by atoms with E-state index in [2.05, 4.69) is 47.2 Å². The normalized spacial score (nSPS) is 15.2. The molecule has 1 amide bonds. The summed E-state index contributed by atoms with van der Waals surface area (Å²) in [5.74, 6) is 0.383. The SMILES string of the molecule is CC(C)[C@H]1Cc2c(sc3nc(SCC(=O)Nc4ccc(Br)cc4)n(CCc4ccccc4)c(=O)c23)CO1. The number of nitrogens with one attached hydrogen (secondary N) is 1. The van der Waals surface area contributed by atoms with Crippen LogP contribution in [0, 0.1) is 5.92 Å². The van der Waals surface area contributed by atoms with Gasteiger partial charge in [-0.15, -0.1) is 11.3 Å². The summed E-state index contributed by atoms with van der Waals surface area (Å²) in [7, 11) is 0. The van der Waals surface area contributed by atoms with Crippen molar-refractivity contribution in [3.05, 3.63) is 85.4 Å². The van der Waals surface area contributed by atoms with E-state index in [1.807, 2.05) is 42.5 Å². The Morgan fingerprint density at radius 3 is 2.70 bits per heavy atom. The number of aryl methyl sites for hydroxylation is 1. The van der Waals surface area contributed by atoms with Gasteiger partial charge in [0.2, 0.25) is 5.91 Å². The van der Waals surface area contributed by atoms with E-state index in [1.165, 1.54) is 23.1 Å². The fourth-order valence-electron chi connectivity index (χ4n) is 4.42. The lowest BCUT2D eigenvalue weighted by Crippen LogP contribution is -2.29. The Bertz CT molecular complexity index is 1470. The van der Waals surface area contributed by atoms with Gasteiger partial charge in [-0.3, -0.25) is 14.2 Å². The highest BCUT2D eigenvalue weighted by Crippen LogP contribution is 2.36. The van der Waals surface area contributed by atoms with E-state index in [4.69, 9.17) is 9.72 Å². The Balaban J connectivity index is 1.45. The summed E-state index contributed by atoms with van der Waals surface area (Å²) in [6.45, 7) is 5.31. The number of fused-ring (bicyclic) bond motifs is 3. The van der Waals surface area contributed by atoms with Crippen LogP contribution in [0.2, 0.25) is 0 Å². The number of anilines is 1. The van der Waals surface area contributed by atoms with Gasteiger partial charge in [-0.25, -0.2) is 4.98 Å². The van der Waals surface area contributed by atoms with Crippen molar-refractivity contribution >= 4 is 60.8 Å². The van der Waals surface area contributed by atoms with Gasteiger partial charge >= 0.3 is 0 Å². The number of hydrogen-bond acceptors (Lipinski definition) is 6. The standard InChI is InChI=1S/C28H28BrN3O3S2/c1-17(2)22-14-21-23(15-35-22)37-26-25(21)27(34)32(13-12-18-6-4-3-5-7-18)28(31-26)36-16-24(33)30-20-10-8-19(29)9-11-20/h3-11,17,22H,12-16H2,1-2H3,(H,30,33)/t22-/m1/s1. The predicted octanol–water partition coefficient (Wildman–Crippen LogP) is 6.29. The molecule has 0 fully saturated rings. The minimum absolute atomic E-state index is 0.0290. The minimum atomic E-state index is -0.144.